The van der Waals surface area contributed by atoms with Crippen LogP contribution in [0.1, 0.15) is 25.7 Å². The van der Waals surface area contributed by atoms with Gasteiger partial charge in [-0.05, 0) is 43.6 Å². The van der Waals surface area contributed by atoms with E-state index in [0.717, 1.165) is 31.7 Å². The molecule has 7 nitrogen and oxygen atoms in total. The lowest BCUT2D eigenvalue weighted by molar-refractivity contribution is -0.148. The van der Waals surface area contributed by atoms with Crippen molar-refractivity contribution in [3.8, 4) is 11.4 Å². The van der Waals surface area contributed by atoms with Crippen molar-refractivity contribution in [2.75, 3.05) is 5.32 Å². The Morgan fingerprint density at radius 3 is 2.69 bits per heavy atom. The molecular weight excluding hydrogens is 380 g/mol. The summed E-state index contributed by atoms with van der Waals surface area (Å²) in [5.41, 5.74) is 0.591. The molecule has 0 amide bonds. The third kappa shape index (κ3) is 3.01. The van der Waals surface area contributed by atoms with Gasteiger partial charge in [0.1, 0.15) is 17.5 Å². The molecule has 3 saturated carbocycles. The Hall–Kier alpha value is -3.10. The second-order valence-corrected chi connectivity index (χ2v) is 7.89. The number of hydrogen-bond donors (Lipinski definition) is 3. The average Bonchev–Trinajstić information content (AvgIpc) is 3.13. The van der Waals surface area contributed by atoms with Crippen LogP contribution in [0.5, 0.6) is 0 Å². The summed E-state index contributed by atoms with van der Waals surface area (Å²) in [6, 6.07) is 1.81. The number of H-pyrrole nitrogens is 1. The Bertz CT molecular complexity index is 1090. The van der Waals surface area contributed by atoms with Gasteiger partial charge in [0.25, 0.3) is 0 Å². The van der Waals surface area contributed by atoms with Crippen molar-refractivity contribution in [1.82, 2.24) is 20.2 Å². The fourth-order valence-corrected chi connectivity index (χ4v) is 5.01. The highest BCUT2D eigenvalue weighted by Gasteiger charge is 2.47. The minimum absolute atomic E-state index is 0.166. The van der Waals surface area contributed by atoms with Gasteiger partial charge in [0.15, 0.2) is 5.82 Å². The maximum absolute atomic E-state index is 14.0. The van der Waals surface area contributed by atoms with Gasteiger partial charge < -0.3 is 15.4 Å². The first-order valence-corrected chi connectivity index (χ1v) is 9.67. The van der Waals surface area contributed by atoms with Crippen LogP contribution in [-0.2, 0) is 4.79 Å². The molecule has 2 heterocycles. The van der Waals surface area contributed by atoms with Crippen LogP contribution >= 0.6 is 0 Å². The van der Waals surface area contributed by atoms with Crippen molar-refractivity contribution in [2.45, 2.75) is 31.7 Å². The predicted molar refractivity (Wildman–Crippen MR) is 101 cm³/mol. The number of carboxylic acid groups (broad SMARTS) is 1. The standard InChI is InChI=1S/C20H19F2N5O2/c21-11-5-12-13(7-23-18(12)14(22)6-11)19-26-15(8-24-27-19)25-17-10-3-1-9(2-4-10)16(17)20(28)29/h5-10,16-17,23H,1-4H2,(H,28,29)(H,25,26,27)/t9?,10?,16-,17-/m1/s1. The summed E-state index contributed by atoms with van der Waals surface area (Å²) in [5, 5.41) is 21.3. The van der Waals surface area contributed by atoms with E-state index in [4.69, 9.17) is 0 Å². The first-order chi connectivity index (χ1) is 14.0. The quantitative estimate of drug-likeness (QED) is 0.619. The van der Waals surface area contributed by atoms with Crippen molar-refractivity contribution in [3.05, 3.63) is 36.2 Å². The molecule has 0 radical (unpaired) electrons. The second kappa shape index (κ2) is 6.75. The number of carboxylic acids is 1. The molecule has 0 saturated heterocycles. The number of benzene rings is 1. The van der Waals surface area contributed by atoms with E-state index in [-0.39, 0.29) is 29.2 Å². The van der Waals surface area contributed by atoms with Gasteiger partial charge in [0, 0.05) is 29.3 Å². The molecular formula is C20H19F2N5O2. The predicted octanol–water partition coefficient (Wildman–Crippen LogP) is 3.60. The summed E-state index contributed by atoms with van der Waals surface area (Å²) in [6.07, 6.45) is 6.84. The van der Waals surface area contributed by atoms with Crippen molar-refractivity contribution in [1.29, 1.82) is 0 Å². The van der Waals surface area contributed by atoms with Gasteiger partial charge >= 0.3 is 5.97 Å². The molecule has 0 spiro atoms. The molecule has 1 aromatic carbocycles. The van der Waals surface area contributed by atoms with E-state index < -0.39 is 23.5 Å². The number of nitrogens with zero attached hydrogens (tertiary/aromatic N) is 3. The minimum atomic E-state index is -0.790. The summed E-state index contributed by atoms with van der Waals surface area (Å²) in [7, 11) is 0. The van der Waals surface area contributed by atoms with Gasteiger partial charge in [-0.3, -0.25) is 4.79 Å². The fraction of sp³-hybridized carbons (Fsp3) is 0.400. The van der Waals surface area contributed by atoms with Crippen LogP contribution in [0.15, 0.2) is 24.5 Å². The molecule has 3 aliphatic rings. The van der Waals surface area contributed by atoms with Crippen LogP contribution in [0.2, 0.25) is 0 Å². The minimum Gasteiger partial charge on any atom is -0.481 e. The zero-order chi connectivity index (χ0) is 20.1. The van der Waals surface area contributed by atoms with E-state index in [9.17, 15) is 18.7 Å². The molecule has 0 aliphatic heterocycles. The Kier molecular flexibility index (Phi) is 4.18. The largest absolute Gasteiger partial charge is 0.481 e. The third-order valence-corrected chi connectivity index (χ3v) is 6.32. The molecule has 3 fully saturated rings. The van der Waals surface area contributed by atoms with Gasteiger partial charge in [-0.15, -0.1) is 5.10 Å². The van der Waals surface area contributed by atoms with Crippen molar-refractivity contribution < 1.29 is 18.7 Å². The molecule has 150 valence electrons. The van der Waals surface area contributed by atoms with Gasteiger partial charge in [0.2, 0.25) is 0 Å². The number of rotatable bonds is 4. The lowest BCUT2D eigenvalue weighted by Crippen LogP contribution is -2.51. The Morgan fingerprint density at radius 2 is 1.93 bits per heavy atom. The highest BCUT2D eigenvalue weighted by atomic mass is 19.1. The lowest BCUT2D eigenvalue weighted by Gasteiger charge is -2.47. The maximum Gasteiger partial charge on any atom is 0.308 e. The van der Waals surface area contributed by atoms with Crippen LogP contribution in [0.3, 0.4) is 0 Å². The first-order valence-electron chi connectivity index (χ1n) is 9.67. The summed E-state index contributed by atoms with van der Waals surface area (Å²) >= 11 is 0. The highest BCUT2D eigenvalue weighted by molar-refractivity contribution is 5.94. The number of hydrogen-bond acceptors (Lipinski definition) is 5. The summed E-state index contributed by atoms with van der Waals surface area (Å²) in [6.45, 7) is 0. The molecule has 2 aromatic heterocycles. The van der Waals surface area contributed by atoms with E-state index in [2.05, 4.69) is 25.5 Å². The molecule has 9 heteroatoms. The number of nitrogens with one attached hydrogen (secondary N) is 2. The zero-order valence-electron chi connectivity index (χ0n) is 15.4. The Balaban J connectivity index is 1.49. The molecule has 29 heavy (non-hydrogen) atoms. The smallest absolute Gasteiger partial charge is 0.308 e. The van der Waals surface area contributed by atoms with E-state index in [0.29, 0.717) is 16.8 Å². The van der Waals surface area contributed by atoms with E-state index in [1.165, 1.54) is 18.5 Å². The van der Waals surface area contributed by atoms with Gasteiger partial charge in [-0.1, -0.05) is 0 Å². The normalized spacial score (nSPS) is 26.0. The molecule has 3 aromatic rings. The second-order valence-electron chi connectivity index (χ2n) is 7.89. The zero-order valence-corrected chi connectivity index (χ0v) is 15.4. The summed E-state index contributed by atoms with van der Waals surface area (Å²) in [4.78, 5) is 19.1. The van der Waals surface area contributed by atoms with Crippen LogP contribution in [0, 0.1) is 29.4 Å². The average molecular weight is 399 g/mol. The van der Waals surface area contributed by atoms with Crippen molar-refractivity contribution >= 4 is 22.7 Å². The van der Waals surface area contributed by atoms with Crippen molar-refractivity contribution in [3.63, 3.8) is 0 Å². The lowest BCUT2D eigenvalue weighted by atomic mass is 9.61. The van der Waals surface area contributed by atoms with E-state index >= 15 is 0 Å². The first kappa shape index (κ1) is 18.0. The van der Waals surface area contributed by atoms with Gasteiger partial charge in [0.05, 0.1) is 17.6 Å². The van der Waals surface area contributed by atoms with E-state index in [1.54, 1.807) is 0 Å². The van der Waals surface area contributed by atoms with Gasteiger partial charge in [-0.25, -0.2) is 13.8 Å². The number of aromatic nitrogens is 4. The maximum atomic E-state index is 14.0. The molecule has 3 aliphatic carbocycles. The van der Waals surface area contributed by atoms with Crippen molar-refractivity contribution in [2.24, 2.45) is 17.8 Å². The molecule has 2 atom stereocenters. The van der Waals surface area contributed by atoms with Crippen LogP contribution in [-0.4, -0.2) is 37.3 Å². The number of carbonyl (C=O) groups is 1. The topological polar surface area (TPSA) is 104 Å². The highest BCUT2D eigenvalue weighted by Crippen LogP contribution is 2.46. The monoisotopic (exact) mass is 399 g/mol. The number of aromatic amines is 1. The van der Waals surface area contributed by atoms with Gasteiger partial charge in [-0.2, -0.15) is 5.10 Å². The fourth-order valence-electron chi connectivity index (χ4n) is 5.01. The number of anilines is 1. The molecule has 3 N–H and O–H groups in total. The number of aliphatic carboxylic acids is 1. The molecule has 6 rings (SSSR count). The Labute approximate surface area is 164 Å². The number of fused-ring (bicyclic) bond motifs is 4. The van der Waals surface area contributed by atoms with Crippen LogP contribution in [0.25, 0.3) is 22.3 Å². The third-order valence-electron chi connectivity index (χ3n) is 6.32. The van der Waals surface area contributed by atoms with Crippen LogP contribution < -0.4 is 5.32 Å². The number of halogens is 2. The Morgan fingerprint density at radius 1 is 1.17 bits per heavy atom. The SMILES string of the molecule is O=C(O)[C@@H]1C2CCC(CC2)[C@H]1Nc1cnnc(-c2c[nH]c3c(F)cc(F)cc23)n1. The van der Waals surface area contributed by atoms with E-state index in [1.807, 2.05) is 0 Å². The van der Waals surface area contributed by atoms with Crippen LogP contribution in [0.4, 0.5) is 14.6 Å². The molecule has 0 unspecified atom stereocenters. The summed E-state index contributed by atoms with van der Waals surface area (Å²) < 4.78 is 27.7. The summed E-state index contributed by atoms with van der Waals surface area (Å²) in [5.74, 6) is -1.58. The molecule has 2 bridgehead atoms.